The van der Waals surface area contributed by atoms with Crippen LogP contribution in [0, 0.1) is 23.5 Å². The highest BCUT2D eigenvalue weighted by Gasteiger charge is 2.35. The van der Waals surface area contributed by atoms with Gasteiger partial charge < -0.3 is 25.4 Å². The zero-order valence-corrected chi connectivity index (χ0v) is 22.4. The number of nitrogens with two attached hydrogens (primary N) is 1. The summed E-state index contributed by atoms with van der Waals surface area (Å²) in [7, 11) is 1.62. The molecule has 1 saturated heterocycles. The standard InChI is InChI=1S/C29H41F2N3O4/c1-37-13-6-14-38-29(20-10-11-23(30)24(31)16-20)21-9-5-12-34(18-21)26-25(27(35)28(26)36)33-22(17-32)15-19-7-3-2-4-8-19/h10-11,16,19,21-22,29,33H,2-9,12-15,17-18,32H2,1H3/t21-,22+,29?/m1/s1. The molecule has 0 radical (unpaired) electrons. The van der Waals surface area contributed by atoms with Gasteiger partial charge in [-0.1, -0.05) is 38.2 Å². The minimum absolute atomic E-state index is 0.0557. The monoisotopic (exact) mass is 533 g/mol. The average molecular weight is 534 g/mol. The Balaban J connectivity index is 1.49. The summed E-state index contributed by atoms with van der Waals surface area (Å²) in [4.78, 5) is 27.3. The fourth-order valence-corrected chi connectivity index (χ4v) is 6.13. The lowest BCUT2D eigenvalue weighted by molar-refractivity contribution is -0.00257. The molecule has 3 N–H and O–H groups in total. The Morgan fingerprint density at radius 2 is 1.84 bits per heavy atom. The summed E-state index contributed by atoms with van der Waals surface area (Å²) in [6.45, 7) is 2.44. The fourth-order valence-electron chi connectivity index (χ4n) is 6.13. The molecule has 1 saturated carbocycles. The Labute approximate surface area is 223 Å². The van der Waals surface area contributed by atoms with E-state index in [1.165, 1.54) is 38.2 Å². The minimum Gasteiger partial charge on any atom is -0.385 e. The lowest BCUT2D eigenvalue weighted by Crippen LogP contribution is -2.48. The van der Waals surface area contributed by atoms with Crippen molar-refractivity contribution in [3.63, 3.8) is 0 Å². The van der Waals surface area contributed by atoms with Gasteiger partial charge in [0.1, 0.15) is 11.4 Å². The van der Waals surface area contributed by atoms with Crippen LogP contribution in [0.5, 0.6) is 0 Å². The number of hydrogen-bond donors (Lipinski definition) is 2. The zero-order valence-electron chi connectivity index (χ0n) is 22.4. The highest BCUT2D eigenvalue weighted by atomic mass is 19.2. The van der Waals surface area contributed by atoms with Crippen LogP contribution in [0.2, 0.25) is 0 Å². The summed E-state index contributed by atoms with van der Waals surface area (Å²) in [5, 5.41) is 3.32. The number of nitrogens with one attached hydrogen (secondary N) is 1. The van der Waals surface area contributed by atoms with E-state index in [1.54, 1.807) is 13.2 Å². The summed E-state index contributed by atoms with van der Waals surface area (Å²) < 4.78 is 39.1. The number of rotatable bonds is 13. The van der Waals surface area contributed by atoms with Gasteiger partial charge >= 0.3 is 0 Å². The largest absolute Gasteiger partial charge is 0.385 e. The molecule has 1 aliphatic heterocycles. The van der Waals surface area contributed by atoms with Gasteiger partial charge in [0.2, 0.25) is 0 Å². The van der Waals surface area contributed by atoms with E-state index in [2.05, 4.69) is 5.32 Å². The van der Waals surface area contributed by atoms with Crippen molar-refractivity contribution in [2.75, 3.05) is 50.2 Å². The van der Waals surface area contributed by atoms with Gasteiger partial charge in [0.25, 0.3) is 10.9 Å². The molecule has 1 aliphatic carbocycles. The van der Waals surface area contributed by atoms with Crippen molar-refractivity contribution in [3.8, 4) is 0 Å². The second-order valence-electron chi connectivity index (χ2n) is 10.9. The van der Waals surface area contributed by atoms with Crippen molar-refractivity contribution in [1.29, 1.82) is 0 Å². The van der Waals surface area contributed by atoms with Gasteiger partial charge in [-0.2, -0.15) is 0 Å². The number of piperidine rings is 1. The summed E-state index contributed by atoms with van der Waals surface area (Å²) >= 11 is 0. The third-order valence-electron chi connectivity index (χ3n) is 8.13. The molecular formula is C29H41F2N3O4. The second kappa shape index (κ2) is 13.6. The molecule has 9 heteroatoms. The molecule has 1 heterocycles. The number of ether oxygens (including phenoxy) is 2. The van der Waals surface area contributed by atoms with E-state index in [0.717, 1.165) is 25.3 Å². The molecule has 0 spiro atoms. The van der Waals surface area contributed by atoms with Crippen LogP contribution in [0.25, 0.3) is 0 Å². The van der Waals surface area contributed by atoms with Crippen molar-refractivity contribution in [3.05, 3.63) is 55.8 Å². The van der Waals surface area contributed by atoms with Crippen LogP contribution in [0.4, 0.5) is 20.2 Å². The maximum atomic E-state index is 14.1. The number of nitrogens with zero attached hydrogens (tertiary/aromatic N) is 1. The summed E-state index contributed by atoms with van der Waals surface area (Å²) in [6, 6.07) is 3.81. The van der Waals surface area contributed by atoms with E-state index < -0.39 is 28.6 Å². The first-order chi connectivity index (χ1) is 18.4. The molecule has 2 aromatic rings. The Bertz CT molecular complexity index is 1110. The van der Waals surface area contributed by atoms with Crippen LogP contribution in [0.3, 0.4) is 0 Å². The maximum Gasteiger partial charge on any atom is 0.253 e. The third kappa shape index (κ3) is 6.79. The zero-order chi connectivity index (χ0) is 27.1. The molecular weight excluding hydrogens is 492 g/mol. The van der Waals surface area contributed by atoms with Crippen molar-refractivity contribution in [2.24, 2.45) is 17.6 Å². The summed E-state index contributed by atoms with van der Waals surface area (Å²) in [6.07, 6.45) is 8.77. The molecule has 0 bridgehead atoms. The van der Waals surface area contributed by atoms with E-state index in [9.17, 15) is 18.4 Å². The van der Waals surface area contributed by atoms with E-state index in [4.69, 9.17) is 15.2 Å². The number of methoxy groups -OCH3 is 1. The van der Waals surface area contributed by atoms with Gasteiger partial charge in [-0.25, -0.2) is 8.78 Å². The Morgan fingerprint density at radius 3 is 2.55 bits per heavy atom. The topological polar surface area (TPSA) is 93.9 Å². The molecule has 210 valence electrons. The van der Waals surface area contributed by atoms with Gasteiger partial charge in [0.05, 0.1) is 6.10 Å². The number of anilines is 2. The first kappa shape index (κ1) is 28.6. The first-order valence-electron chi connectivity index (χ1n) is 14.0. The van der Waals surface area contributed by atoms with E-state index in [-0.39, 0.29) is 12.0 Å². The van der Waals surface area contributed by atoms with Crippen LogP contribution >= 0.6 is 0 Å². The lowest BCUT2D eigenvalue weighted by Gasteiger charge is -2.39. The molecule has 7 nitrogen and oxygen atoms in total. The predicted molar refractivity (Wildman–Crippen MR) is 145 cm³/mol. The van der Waals surface area contributed by atoms with Crippen LogP contribution in [0.15, 0.2) is 27.8 Å². The van der Waals surface area contributed by atoms with E-state index in [1.807, 2.05) is 4.90 Å². The van der Waals surface area contributed by atoms with E-state index >= 15 is 0 Å². The van der Waals surface area contributed by atoms with Gasteiger partial charge in [0.15, 0.2) is 11.6 Å². The smallest absolute Gasteiger partial charge is 0.253 e. The van der Waals surface area contributed by atoms with Crippen LogP contribution < -0.4 is 26.8 Å². The number of hydrogen-bond acceptors (Lipinski definition) is 7. The van der Waals surface area contributed by atoms with Crippen molar-refractivity contribution in [2.45, 2.75) is 69.9 Å². The van der Waals surface area contributed by atoms with Gasteiger partial charge in [-0.15, -0.1) is 0 Å². The minimum atomic E-state index is -0.916. The van der Waals surface area contributed by atoms with Crippen LogP contribution in [-0.4, -0.2) is 46.0 Å². The fraction of sp³-hybridized carbons (Fsp3) is 0.655. The molecule has 0 aromatic heterocycles. The summed E-state index contributed by atoms with van der Waals surface area (Å²) in [5.74, 6) is -1.30. The van der Waals surface area contributed by atoms with Crippen molar-refractivity contribution < 1.29 is 18.3 Å². The average Bonchev–Trinajstić information content (AvgIpc) is 2.94. The number of benzene rings is 1. The third-order valence-corrected chi connectivity index (χ3v) is 8.13. The van der Waals surface area contributed by atoms with Crippen LogP contribution in [0.1, 0.15) is 69.5 Å². The number of halogens is 2. The van der Waals surface area contributed by atoms with Gasteiger partial charge in [0, 0.05) is 51.9 Å². The highest BCUT2D eigenvalue weighted by Crippen LogP contribution is 2.36. The van der Waals surface area contributed by atoms with Crippen molar-refractivity contribution >= 4 is 11.4 Å². The van der Waals surface area contributed by atoms with Crippen molar-refractivity contribution in [1.82, 2.24) is 0 Å². The Kier molecular flexibility index (Phi) is 10.3. The van der Waals surface area contributed by atoms with Crippen LogP contribution in [-0.2, 0) is 9.47 Å². The Hall–Kier alpha value is -2.36. The normalized spacial score (nSPS) is 20.5. The predicted octanol–water partition coefficient (Wildman–Crippen LogP) is 4.28. The van der Waals surface area contributed by atoms with Gasteiger partial charge in [-0.05, 0) is 49.3 Å². The molecule has 0 amide bonds. The molecule has 38 heavy (non-hydrogen) atoms. The molecule has 3 atom stereocenters. The molecule has 2 fully saturated rings. The maximum absolute atomic E-state index is 14.1. The van der Waals surface area contributed by atoms with Gasteiger partial charge in [-0.3, -0.25) is 9.59 Å². The lowest BCUT2D eigenvalue weighted by atomic mass is 9.84. The first-order valence-corrected chi connectivity index (χ1v) is 14.0. The van der Waals surface area contributed by atoms with E-state index in [0.29, 0.717) is 62.1 Å². The molecule has 2 aromatic carbocycles. The highest BCUT2D eigenvalue weighted by molar-refractivity contribution is 5.75. The second-order valence-corrected chi connectivity index (χ2v) is 10.9. The molecule has 1 unspecified atom stereocenters. The SMILES string of the molecule is COCCCOC(c1ccc(F)c(F)c1)[C@@H]1CCCN(c2c(N[C@H](CN)CC3CCCCC3)c(=O)c2=O)C1. The summed E-state index contributed by atoms with van der Waals surface area (Å²) in [5.41, 5.74) is 6.44. The molecule has 4 rings (SSSR count). The quantitative estimate of drug-likeness (QED) is 0.293. The Morgan fingerprint density at radius 1 is 1.05 bits per heavy atom. The molecule has 2 aliphatic rings.